The van der Waals surface area contributed by atoms with E-state index < -0.39 is 6.04 Å². The molecule has 0 aromatic carbocycles. The van der Waals surface area contributed by atoms with Gasteiger partial charge in [0.05, 0.1) is 4.88 Å². The van der Waals surface area contributed by atoms with Crippen LogP contribution in [0.5, 0.6) is 0 Å². The number of rotatable bonds is 2. The summed E-state index contributed by atoms with van der Waals surface area (Å²) in [6.45, 7) is 0.848. The van der Waals surface area contributed by atoms with Crippen LogP contribution in [0.15, 0.2) is 6.07 Å². The highest BCUT2D eigenvalue weighted by atomic mass is 32.1. The highest BCUT2D eigenvalue weighted by molar-refractivity contribution is 7.14. The number of fused-ring (bicyclic) bond motifs is 1. The van der Waals surface area contributed by atoms with Gasteiger partial charge in [0.2, 0.25) is 11.8 Å². The van der Waals surface area contributed by atoms with Crippen molar-refractivity contribution in [1.82, 2.24) is 10.2 Å². The zero-order valence-corrected chi connectivity index (χ0v) is 11.7. The third-order valence-electron chi connectivity index (χ3n) is 3.68. The van der Waals surface area contributed by atoms with Gasteiger partial charge in [-0.15, -0.1) is 11.3 Å². The lowest BCUT2D eigenvalue weighted by atomic mass is 10.1. The van der Waals surface area contributed by atoms with Crippen LogP contribution < -0.4 is 11.1 Å². The van der Waals surface area contributed by atoms with Crippen molar-refractivity contribution < 1.29 is 14.4 Å². The summed E-state index contributed by atoms with van der Waals surface area (Å²) >= 11 is 1.39. The van der Waals surface area contributed by atoms with E-state index in [0.717, 1.165) is 10.4 Å². The standard InChI is InChI=1S/C13H15N3O3S/c14-5-8-4-7-6-16(13(19)11(7)20-8)9-2-1-3-10(17)15-12(9)18/h4,9H,1-3,5-6,14H2,(H,15,17,18)/t9-/m0/s1. The third kappa shape index (κ3) is 2.12. The van der Waals surface area contributed by atoms with E-state index in [0.29, 0.717) is 37.2 Å². The van der Waals surface area contributed by atoms with Gasteiger partial charge in [-0.05, 0) is 24.5 Å². The van der Waals surface area contributed by atoms with Crippen LogP contribution >= 0.6 is 11.3 Å². The molecular formula is C13H15N3O3S. The van der Waals surface area contributed by atoms with Crippen molar-refractivity contribution in [2.45, 2.75) is 38.4 Å². The maximum absolute atomic E-state index is 12.4. The molecule has 2 aliphatic heterocycles. The minimum Gasteiger partial charge on any atom is -0.326 e. The van der Waals surface area contributed by atoms with Gasteiger partial charge in [-0.3, -0.25) is 19.7 Å². The molecular weight excluding hydrogens is 278 g/mol. The van der Waals surface area contributed by atoms with Crippen LogP contribution in [0.2, 0.25) is 0 Å². The predicted molar refractivity (Wildman–Crippen MR) is 72.9 cm³/mol. The molecule has 6 nitrogen and oxygen atoms in total. The number of thiophene rings is 1. The normalized spacial score (nSPS) is 22.8. The molecule has 0 spiro atoms. The van der Waals surface area contributed by atoms with Gasteiger partial charge in [-0.1, -0.05) is 0 Å². The van der Waals surface area contributed by atoms with E-state index in [4.69, 9.17) is 5.73 Å². The van der Waals surface area contributed by atoms with Crippen molar-refractivity contribution in [3.05, 3.63) is 21.4 Å². The van der Waals surface area contributed by atoms with Crippen molar-refractivity contribution in [2.75, 3.05) is 0 Å². The van der Waals surface area contributed by atoms with Crippen molar-refractivity contribution in [3.63, 3.8) is 0 Å². The second-order valence-corrected chi connectivity index (χ2v) is 6.16. The fourth-order valence-corrected chi connectivity index (χ4v) is 3.70. The number of carbonyl (C=O) groups excluding carboxylic acids is 3. The molecule has 106 valence electrons. The minimum atomic E-state index is -0.546. The van der Waals surface area contributed by atoms with Gasteiger partial charge in [0.1, 0.15) is 6.04 Å². The van der Waals surface area contributed by atoms with Gasteiger partial charge >= 0.3 is 0 Å². The average Bonchev–Trinajstić information content (AvgIpc) is 2.89. The number of imide groups is 1. The van der Waals surface area contributed by atoms with Crippen LogP contribution in [0.3, 0.4) is 0 Å². The first-order chi connectivity index (χ1) is 9.60. The first-order valence-corrected chi connectivity index (χ1v) is 7.38. The first-order valence-electron chi connectivity index (χ1n) is 6.56. The number of hydrogen-bond donors (Lipinski definition) is 2. The van der Waals surface area contributed by atoms with Gasteiger partial charge in [0, 0.05) is 24.4 Å². The van der Waals surface area contributed by atoms with Gasteiger partial charge in [0.25, 0.3) is 5.91 Å². The molecule has 20 heavy (non-hydrogen) atoms. The number of hydrogen-bond acceptors (Lipinski definition) is 5. The summed E-state index contributed by atoms with van der Waals surface area (Å²) in [7, 11) is 0. The minimum absolute atomic E-state index is 0.126. The quantitative estimate of drug-likeness (QED) is 0.770. The molecule has 1 saturated heterocycles. The molecule has 1 atom stereocenters. The van der Waals surface area contributed by atoms with Crippen molar-refractivity contribution in [3.8, 4) is 0 Å². The smallest absolute Gasteiger partial charge is 0.265 e. The molecule has 1 aromatic heterocycles. The summed E-state index contributed by atoms with van der Waals surface area (Å²) in [5.41, 5.74) is 6.51. The van der Waals surface area contributed by atoms with Crippen molar-refractivity contribution in [2.24, 2.45) is 5.73 Å². The maximum atomic E-state index is 12.4. The van der Waals surface area contributed by atoms with E-state index >= 15 is 0 Å². The Morgan fingerprint density at radius 3 is 2.90 bits per heavy atom. The van der Waals surface area contributed by atoms with E-state index in [1.807, 2.05) is 6.07 Å². The van der Waals surface area contributed by atoms with E-state index in [2.05, 4.69) is 5.32 Å². The lowest BCUT2D eigenvalue weighted by molar-refractivity contribution is -0.132. The average molecular weight is 293 g/mol. The molecule has 3 N–H and O–H groups in total. The molecule has 3 rings (SSSR count). The van der Waals surface area contributed by atoms with E-state index in [-0.39, 0.29) is 17.7 Å². The number of carbonyl (C=O) groups is 3. The number of nitrogens with one attached hydrogen (secondary N) is 1. The Morgan fingerprint density at radius 2 is 2.20 bits per heavy atom. The highest BCUT2D eigenvalue weighted by Gasteiger charge is 2.38. The van der Waals surface area contributed by atoms with Crippen LogP contribution in [0.1, 0.15) is 39.4 Å². The molecule has 0 aliphatic carbocycles. The van der Waals surface area contributed by atoms with Crippen molar-refractivity contribution in [1.29, 1.82) is 0 Å². The van der Waals surface area contributed by atoms with Crippen LogP contribution in [-0.2, 0) is 22.7 Å². The Labute approximate surface area is 119 Å². The topological polar surface area (TPSA) is 92.5 Å². The maximum Gasteiger partial charge on any atom is 0.265 e. The fraction of sp³-hybridized carbons (Fsp3) is 0.462. The molecule has 0 radical (unpaired) electrons. The molecule has 0 bridgehead atoms. The Kier molecular flexibility index (Phi) is 3.31. The van der Waals surface area contributed by atoms with Crippen LogP contribution in [0.4, 0.5) is 0 Å². The second kappa shape index (κ2) is 4.99. The van der Waals surface area contributed by atoms with Crippen LogP contribution in [0.25, 0.3) is 0 Å². The summed E-state index contributed by atoms with van der Waals surface area (Å²) in [6.07, 6.45) is 1.49. The lowest BCUT2D eigenvalue weighted by Crippen LogP contribution is -2.46. The third-order valence-corrected chi connectivity index (χ3v) is 4.87. The number of nitrogens with two attached hydrogens (primary N) is 1. The van der Waals surface area contributed by atoms with Crippen molar-refractivity contribution >= 4 is 29.1 Å². The Bertz CT molecular complexity index is 596. The first kappa shape index (κ1) is 13.3. The van der Waals surface area contributed by atoms with Gasteiger partial charge in [-0.2, -0.15) is 0 Å². The zero-order chi connectivity index (χ0) is 14.3. The summed E-state index contributed by atoms with van der Waals surface area (Å²) in [6, 6.07) is 1.38. The van der Waals surface area contributed by atoms with E-state index in [1.54, 1.807) is 4.90 Å². The molecule has 1 fully saturated rings. The summed E-state index contributed by atoms with van der Waals surface area (Å²) < 4.78 is 0. The number of nitrogens with zero attached hydrogens (tertiary/aromatic N) is 1. The molecule has 7 heteroatoms. The highest BCUT2D eigenvalue weighted by Crippen LogP contribution is 2.33. The Morgan fingerprint density at radius 1 is 1.40 bits per heavy atom. The molecule has 0 unspecified atom stereocenters. The van der Waals surface area contributed by atoms with Crippen LogP contribution in [-0.4, -0.2) is 28.7 Å². The van der Waals surface area contributed by atoms with Gasteiger partial charge in [-0.25, -0.2) is 0 Å². The predicted octanol–water partition coefficient (Wildman–Crippen LogP) is 0.358. The molecule has 2 aliphatic rings. The van der Waals surface area contributed by atoms with E-state index in [1.165, 1.54) is 11.3 Å². The summed E-state index contributed by atoms with van der Waals surface area (Å²) in [5.74, 6) is -0.751. The monoisotopic (exact) mass is 293 g/mol. The molecule has 3 amide bonds. The Hall–Kier alpha value is -1.73. The van der Waals surface area contributed by atoms with Crippen LogP contribution in [0, 0.1) is 0 Å². The largest absolute Gasteiger partial charge is 0.326 e. The zero-order valence-electron chi connectivity index (χ0n) is 10.8. The Balaban J connectivity index is 1.82. The van der Waals surface area contributed by atoms with Gasteiger partial charge in [0.15, 0.2) is 0 Å². The SMILES string of the molecule is NCc1cc2c(s1)C(=O)N([C@H]1CCCC(=O)NC1=O)C2. The van der Waals surface area contributed by atoms with E-state index in [9.17, 15) is 14.4 Å². The molecule has 0 saturated carbocycles. The number of amides is 3. The summed E-state index contributed by atoms with van der Waals surface area (Å²) in [5, 5.41) is 2.34. The lowest BCUT2D eigenvalue weighted by Gasteiger charge is -2.24. The molecule has 1 aromatic rings. The molecule has 3 heterocycles. The van der Waals surface area contributed by atoms with Gasteiger partial charge < -0.3 is 10.6 Å². The fourth-order valence-electron chi connectivity index (χ4n) is 2.69. The summed E-state index contributed by atoms with van der Waals surface area (Å²) in [4.78, 5) is 39.0. The second-order valence-electron chi connectivity index (χ2n) is 5.02.